The average Bonchev–Trinajstić information content (AvgIpc) is 2.86. The van der Waals surface area contributed by atoms with Crippen LogP contribution in [0.3, 0.4) is 0 Å². The molecule has 0 spiro atoms. The van der Waals surface area contributed by atoms with E-state index < -0.39 is 42.2 Å². The molecule has 0 aliphatic carbocycles. The molecule has 2 rings (SSSR count). The van der Waals surface area contributed by atoms with E-state index in [9.17, 15) is 35.9 Å². The van der Waals surface area contributed by atoms with Gasteiger partial charge in [-0.1, -0.05) is 60.7 Å². The molecular weight excluding hydrogens is 568 g/mol. The number of carbonyl (C=O) groups excluding carboxylic acids is 2. The van der Waals surface area contributed by atoms with Gasteiger partial charge >= 0.3 is 24.3 Å². The highest BCUT2D eigenvalue weighted by atomic mass is 19.4. The summed E-state index contributed by atoms with van der Waals surface area (Å²) in [5.41, 5.74) is 12.4. The maximum Gasteiger partial charge on any atom is 0.490 e. The molecule has 0 aliphatic heterocycles. The molecule has 2 aromatic carbocycles. The largest absolute Gasteiger partial charge is 0.490 e. The van der Waals surface area contributed by atoms with Crippen LogP contribution in [0.4, 0.5) is 26.3 Å². The van der Waals surface area contributed by atoms with Crippen LogP contribution in [0.5, 0.6) is 0 Å². The highest BCUT2D eigenvalue weighted by molar-refractivity contribution is 5.92. The third kappa shape index (κ3) is 15.4. The highest BCUT2D eigenvalue weighted by Gasteiger charge is 2.38. The van der Waals surface area contributed by atoms with E-state index in [0.29, 0.717) is 19.4 Å². The Morgan fingerprint density at radius 3 is 1.44 bits per heavy atom. The first kappa shape index (κ1) is 36.2. The summed E-state index contributed by atoms with van der Waals surface area (Å²) < 4.78 is 63.5. The summed E-state index contributed by atoms with van der Waals surface area (Å²) in [7, 11) is 0. The molecule has 0 heterocycles. The summed E-state index contributed by atoms with van der Waals surface area (Å²) in [5.74, 6) is -7.06. The van der Waals surface area contributed by atoms with Gasteiger partial charge in [-0.3, -0.25) is 15.0 Å². The highest BCUT2D eigenvalue weighted by Crippen LogP contribution is 2.25. The lowest BCUT2D eigenvalue weighted by atomic mass is 9.90. The molecule has 0 saturated carbocycles. The second-order valence-electron chi connectivity index (χ2n) is 7.81. The van der Waals surface area contributed by atoms with Gasteiger partial charge in [0.2, 0.25) is 11.8 Å². The topological polar surface area (TPSA) is 209 Å². The maximum absolute atomic E-state index is 13.0. The molecule has 0 aliphatic rings. The van der Waals surface area contributed by atoms with Crippen molar-refractivity contribution in [1.29, 1.82) is 5.41 Å². The molecule has 17 heteroatoms. The molecule has 2 aromatic rings. The first-order valence-corrected chi connectivity index (χ1v) is 11.3. The fourth-order valence-corrected chi connectivity index (χ4v) is 2.86. The lowest BCUT2D eigenvalue weighted by Crippen LogP contribution is -2.46. The second-order valence-corrected chi connectivity index (χ2v) is 7.81. The van der Waals surface area contributed by atoms with E-state index in [2.05, 4.69) is 10.6 Å². The van der Waals surface area contributed by atoms with Crippen LogP contribution in [0.2, 0.25) is 0 Å². The zero-order valence-electron chi connectivity index (χ0n) is 21.0. The Balaban J connectivity index is 0.000000941. The Morgan fingerprint density at radius 2 is 1.15 bits per heavy atom. The molecule has 1 atom stereocenters. The first-order chi connectivity index (χ1) is 18.9. The van der Waals surface area contributed by atoms with Crippen molar-refractivity contribution in [1.82, 2.24) is 10.6 Å². The fraction of sp³-hybridized carbons (Fsp3) is 0.292. The van der Waals surface area contributed by atoms with Crippen LogP contribution in [-0.2, 0) is 19.2 Å². The number of guanidine groups is 1. The molecule has 0 bridgehead atoms. The summed E-state index contributed by atoms with van der Waals surface area (Å²) in [6.45, 7) is 0.426. The van der Waals surface area contributed by atoms with Gasteiger partial charge in [0.05, 0.1) is 5.92 Å². The fourth-order valence-electron chi connectivity index (χ4n) is 2.86. The van der Waals surface area contributed by atoms with E-state index >= 15 is 0 Å². The summed E-state index contributed by atoms with van der Waals surface area (Å²) >= 11 is 0. The van der Waals surface area contributed by atoms with E-state index in [-0.39, 0.29) is 11.9 Å². The molecule has 0 radical (unpaired) electrons. The van der Waals surface area contributed by atoms with Crippen LogP contribution in [0, 0.1) is 5.41 Å². The zero-order valence-corrected chi connectivity index (χ0v) is 21.0. The molecule has 11 nitrogen and oxygen atoms in total. The van der Waals surface area contributed by atoms with Gasteiger partial charge in [-0.2, -0.15) is 26.3 Å². The molecule has 226 valence electrons. The summed E-state index contributed by atoms with van der Waals surface area (Å²) in [6, 6.07) is 18.0. The number of halogens is 6. The molecular formula is C24H27F6N5O6. The predicted molar refractivity (Wildman–Crippen MR) is 132 cm³/mol. The SMILES string of the molecule is N=C(N)NCCC[C@H](NC(=O)C(c1ccccc1)c1ccccc1)C(N)=O.O=C(O)C(F)(F)F.O=C(O)C(F)(F)F. The van der Waals surface area contributed by atoms with Crippen LogP contribution < -0.4 is 22.1 Å². The van der Waals surface area contributed by atoms with E-state index in [4.69, 9.17) is 36.7 Å². The quantitative estimate of drug-likeness (QED) is 0.0988. The third-order valence-corrected chi connectivity index (χ3v) is 4.66. The lowest BCUT2D eigenvalue weighted by molar-refractivity contribution is -0.193. The number of amides is 2. The van der Waals surface area contributed by atoms with Crippen molar-refractivity contribution in [3.05, 3.63) is 71.8 Å². The van der Waals surface area contributed by atoms with Gasteiger partial charge < -0.3 is 32.3 Å². The molecule has 0 aromatic heterocycles. The number of nitrogens with one attached hydrogen (secondary N) is 3. The number of hydrogen-bond acceptors (Lipinski definition) is 5. The Labute approximate surface area is 229 Å². The van der Waals surface area contributed by atoms with E-state index in [1.165, 1.54) is 0 Å². The third-order valence-electron chi connectivity index (χ3n) is 4.66. The number of primary amides is 1. The maximum atomic E-state index is 13.0. The molecule has 0 saturated heterocycles. The zero-order chi connectivity index (χ0) is 31.8. The number of alkyl halides is 6. The molecule has 0 fully saturated rings. The van der Waals surface area contributed by atoms with Crippen LogP contribution in [0.1, 0.15) is 29.9 Å². The van der Waals surface area contributed by atoms with E-state index in [0.717, 1.165) is 11.1 Å². The minimum absolute atomic E-state index is 0.136. The number of carboxylic acids is 2. The van der Waals surface area contributed by atoms with Crippen molar-refractivity contribution in [2.24, 2.45) is 11.5 Å². The second kappa shape index (κ2) is 17.0. The summed E-state index contributed by atoms with van der Waals surface area (Å²) in [6.07, 6.45) is -9.27. The van der Waals surface area contributed by atoms with Gasteiger partial charge in [0.15, 0.2) is 5.96 Å². The lowest BCUT2D eigenvalue weighted by Gasteiger charge is -2.22. The number of rotatable bonds is 9. The monoisotopic (exact) mass is 595 g/mol. The van der Waals surface area contributed by atoms with Crippen molar-refractivity contribution < 1.29 is 55.7 Å². The minimum Gasteiger partial charge on any atom is -0.475 e. The van der Waals surface area contributed by atoms with Crippen molar-refractivity contribution in [3.8, 4) is 0 Å². The van der Waals surface area contributed by atoms with Gasteiger partial charge in [-0.05, 0) is 24.0 Å². The Hall–Kier alpha value is -4.83. The van der Waals surface area contributed by atoms with Crippen molar-refractivity contribution in [2.45, 2.75) is 37.2 Å². The number of benzene rings is 2. The number of nitrogens with two attached hydrogens (primary N) is 2. The number of carbonyl (C=O) groups is 4. The summed E-state index contributed by atoms with van der Waals surface area (Å²) in [5, 5.41) is 26.8. The van der Waals surface area contributed by atoms with Crippen LogP contribution >= 0.6 is 0 Å². The van der Waals surface area contributed by atoms with Crippen LogP contribution in [0.25, 0.3) is 0 Å². The van der Waals surface area contributed by atoms with Crippen LogP contribution in [-0.4, -0.2) is 64.9 Å². The Bertz CT molecular complexity index is 1080. The molecule has 41 heavy (non-hydrogen) atoms. The Morgan fingerprint density at radius 1 is 0.780 bits per heavy atom. The number of carboxylic acid groups (broad SMARTS) is 2. The predicted octanol–water partition coefficient (Wildman–Crippen LogP) is 2.32. The standard InChI is InChI=1S/C20H25N5O2.2C2HF3O2/c21-18(26)16(12-7-13-24-20(22)23)25-19(27)17(14-8-3-1-4-9-14)15-10-5-2-6-11-15;2*3-2(4,5)1(6)7/h1-6,8-11,16-17H,7,12-13H2,(H2,21,26)(H,25,27)(H4,22,23,24);2*(H,6,7)/t16-;;/m0../s1. The van der Waals surface area contributed by atoms with Crippen molar-refractivity contribution in [3.63, 3.8) is 0 Å². The van der Waals surface area contributed by atoms with Gasteiger partial charge in [0.25, 0.3) is 0 Å². The minimum atomic E-state index is -5.08. The van der Waals surface area contributed by atoms with Crippen LogP contribution in [0.15, 0.2) is 60.7 Å². The number of aliphatic carboxylic acids is 2. The van der Waals surface area contributed by atoms with Gasteiger partial charge in [0.1, 0.15) is 6.04 Å². The molecule has 0 unspecified atom stereocenters. The Kier molecular flexibility index (Phi) is 15.0. The van der Waals surface area contributed by atoms with Gasteiger partial charge in [-0.15, -0.1) is 0 Å². The smallest absolute Gasteiger partial charge is 0.475 e. The average molecular weight is 595 g/mol. The van der Waals surface area contributed by atoms with Gasteiger partial charge in [0, 0.05) is 6.54 Å². The van der Waals surface area contributed by atoms with Crippen molar-refractivity contribution in [2.75, 3.05) is 6.54 Å². The van der Waals surface area contributed by atoms with E-state index in [1.54, 1.807) is 0 Å². The van der Waals surface area contributed by atoms with Gasteiger partial charge in [-0.25, -0.2) is 9.59 Å². The van der Waals surface area contributed by atoms with E-state index in [1.807, 2.05) is 60.7 Å². The summed E-state index contributed by atoms with van der Waals surface area (Å²) in [4.78, 5) is 42.6. The first-order valence-electron chi connectivity index (χ1n) is 11.3. The normalized spacial score (nSPS) is 11.5. The van der Waals surface area contributed by atoms with Crippen molar-refractivity contribution >= 4 is 29.7 Å². The molecule has 9 N–H and O–H groups in total. The molecule has 2 amide bonds. The number of hydrogen-bond donors (Lipinski definition) is 7.